The third-order valence-electron chi connectivity index (χ3n) is 3.66. The SMILES string of the molecule is Cc1nn(C)c(C)c1C(NC(=O)c1cccc(C(=O)O)n1)C(F)(F)F. The normalized spacial score (nSPS) is 12.7. The van der Waals surface area contributed by atoms with Crippen LogP contribution in [0.4, 0.5) is 13.2 Å². The second-order valence-corrected chi connectivity index (χ2v) is 5.37. The van der Waals surface area contributed by atoms with Crippen molar-refractivity contribution in [2.45, 2.75) is 26.1 Å². The summed E-state index contributed by atoms with van der Waals surface area (Å²) in [6.07, 6.45) is -4.77. The minimum Gasteiger partial charge on any atom is -0.477 e. The molecule has 10 heteroatoms. The first kappa shape index (κ1) is 18.4. The van der Waals surface area contributed by atoms with Crippen LogP contribution in [0.15, 0.2) is 18.2 Å². The van der Waals surface area contributed by atoms with Crippen molar-refractivity contribution < 1.29 is 27.9 Å². The highest BCUT2D eigenvalue weighted by molar-refractivity contribution is 5.94. The third-order valence-corrected chi connectivity index (χ3v) is 3.66. The van der Waals surface area contributed by atoms with Crippen molar-refractivity contribution in [2.24, 2.45) is 7.05 Å². The van der Waals surface area contributed by atoms with E-state index in [1.54, 1.807) is 0 Å². The van der Waals surface area contributed by atoms with Gasteiger partial charge in [0.05, 0.1) is 5.69 Å². The molecule has 2 rings (SSSR count). The average molecular weight is 356 g/mol. The molecule has 0 saturated heterocycles. The Morgan fingerprint density at radius 1 is 1.24 bits per heavy atom. The van der Waals surface area contributed by atoms with Crippen molar-refractivity contribution in [1.29, 1.82) is 0 Å². The van der Waals surface area contributed by atoms with E-state index in [0.717, 1.165) is 12.1 Å². The van der Waals surface area contributed by atoms with E-state index >= 15 is 0 Å². The molecule has 134 valence electrons. The predicted octanol–water partition coefficient (Wildman–Crippen LogP) is 2.16. The van der Waals surface area contributed by atoms with Crippen molar-refractivity contribution in [1.82, 2.24) is 20.1 Å². The van der Waals surface area contributed by atoms with Gasteiger partial charge in [-0.1, -0.05) is 6.07 Å². The largest absolute Gasteiger partial charge is 0.477 e. The second kappa shape index (κ2) is 6.54. The van der Waals surface area contributed by atoms with Crippen LogP contribution in [0.3, 0.4) is 0 Å². The van der Waals surface area contributed by atoms with Gasteiger partial charge < -0.3 is 10.4 Å². The summed E-state index contributed by atoms with van der Waals surface area (Å²) in [5, 5.41) is 14.7. The van der Waals surface area contributed by atoms with E-state index in [2.05, 4.69) is 10.1 Å². The lowest BCUT2D eigenvalue weighted by Crippen LogP contribution is -2.39. The van der Waals surface area contributed by atoms with Gasteiger partial charge in [0.25, 0.3) is 5.91 Å². The van der Waals surface area contributed by atoms with Crippen LogP contribution in [-0.2, 0) is 7.05 Å². The fourth-order valence-electron chi connectivity index (χ4n) is 2.41. The molecule has 0 bridgehead atoms. The summed E-state index contributed by atoms with van der Waals surface area (Å²) >= 11 is 0. The highest BCUT2D eigenvalue weighted by Crippen LogP contribution is 2.35. The van der Waals surface area contributed by atoms with Crippen molar-refractivity contribution in [3.63, 3.8) is 0 Å². The van der Waals surface area contributed by atoms with Crippen LogP contribution in [0.1, 0.15) is 44.0 Å². The summed E-state index contributed by atoms with van der Waals surface area (Å²) in [6, 6.07) is 1.21. The Morgan fingerprint density at radius 3 is 2.32 bits per heavy atom. The molecule has 2 aromatic heterocycles. The zero-order valence-corrected chi connectivity index (χ0v) is 13.5. The molecule has 2 heterocycles. The fourth-order valence-corrected chi connectivity index (χ4v) is 2.41. The topological polar surface area (TPSA) is 97.1 Å². The molecule has 1 unspecified atom stereocenters. The van der Waals surface area contributed by atoms with Crippen LogP contribution >= 0.6 is 0 Å². The van der Waals surface area contributed by atoms with E-state index in [1.807, 2.05) is 5.32 Å². The van der Waals surface area contributed by atoms with E-state index < -0.39 is 35.5 Å². The number of carbonyl (C=O) groups is 2. The maximum Gasteiger partial charge on any atom is 0.413 e. The van der Waals surface area contributed by atoms with Crippen molar-refractivity contribution >= 4 is 11.9 Å². The maximum atomic E-state index is 13.5. The zero-order chi connectivity index (χ0) is 18.9. The van der Waals surface area contributed by atoms with E-state index in [1.165, 1.54) is 31.6 Å². The van der Waals surface area contributed by atoms with Gasteiger partial charge in [-0.3, -0.25) is 9.48 Å². The fraction of sp³-hybridized carbons (Fsp3) is 0.333. The molecule has 0 fully saturated rings. The molecule has 1 atom stereocenters. The lowest BCUT2D eigenvalue weighted by molar-refractivity contribution is -0.155. The summed E-state index contributed by atoms with van der Waals surface area (Å²) in [7, 11) is 1.50. The van der Waals surface area contributed by atoms with Crippen molar-refractivity contribution in [3.8, 4) is 0 Å². The first-order valence-corrected chi connectivity index (χ1v) is 7.10. The Morgan fingerprint density at radius 2 is 1.84 bits per heavy atom. The molecule has 0 radical (unpaired) electrons. The van der Waals surface area contributed by atoms with Gasteiger partial charge in [0, 0.05) is 18.3 Å². The van der Waals surface area contributed by atoms with Gasteiger partial charge in [-0.15, -0.1) is 0 Å². The number of aryl methyl sites for hydroxylation is 2. The number of hydrogen-bond donors (Lipinski definition) is 2. The van der Waals surface area contributed by atoms with Gasteiger partial charge in [-0.2, -0.15) is 18.3 Å². The summed E-state index contributed by atoms with van der Waals surface area (Å²) in [4.78, 5) is 26.6. The molecule has 0 saturated carbocycles. The second-order valence-electron chi connectivity index (χ2n) is 5.37. The lowest BCUT2D eigenvalue weighted by Gasteiger charge is -2.22. The van der Waals surface area contributed by atoms with Gasteiger partial charge in [0.1, 0.15) is 11.4 Å². The summed E-state index contributed by atoms with van der Waals surface area (Å²) < 4.78 is 41.8. The number of hydrogen-bond acceptors (Lipinski definition) is 4. The molecular weight excluding hydrogens is 341 g/mol. The highest BCUT2D eigenvalue weighted by atomic mass is 19.4. The van der Waals surface area contributed by atoms with Gasteiger partial charge >= 0.3 is 12.1 Å². The summed E-state index contributed by atoms with van der Waals surface area (Å²) in [6.45, 7) is 2.88. The number of alkyl halides is 3. The standard InChI is InChI=1S/C15H15F3N4O3/c1-7-11(8(2)22(3)21-7)12(15(16,17)18)20-13(23)9-5-4-6-10(19-9)14(24)25/h4-6,12H,1-3H3,(H,20,23)(H,24,25). The van der Waals surface area contributed by atoms with Gasteiger partial charge in [-0.05, 0) is 26.0 Å². The number of rotatable bonds is 4. The van der Waals surface area contributed by atoms with Crippen molar-refractivity contribution in [2.75, 3.05) is 0 Å². The minimum absolute atomic E-state index is 0.134. The Balaban J connectivity index is 2.40. The number of aromatic carboxylic acids is 1. The third kappa shape index (κ3) is 3.78. The molecule has 0 aliphatic rings. The average Bonchev–Trinajstić information content (AvgIpc) is 2.76. The number of nitrogens with zero attached hydrogens (tertiary/aromatic N) is 3. The van der Waals surface area contributed by atoms with Gasteiger partial charge in [0.15, 0.2) is 6.04 Å². The number of halogens is 3. The van der Waals surface area contributed by atoms with Gasteiger partial charge in [0.2, 0.25) is 0 Å². The predicted molar refractivity (Wildman–Crippen MR) is 80.1 cm³/mol. The number of pyridine rings is 1. The van der Waals surface area contributed by atoms with E-state index in [0.29, 0.717) is 0 Å². The molecule has 0 aromatic carbocycles. The molecule has 25 heavy (non-hydrogen) atoms. The number of carbonyl (C=O) groups excluding carboxylic acids is 1. The van der Waals surface area contributed by atoms with Crippen LogP contribution < -0.4 is 5.32 Å². The summed E-state index contributed by atoms with van der Waals surface area (Å²) in [5.74, 6) is -2.52. The van der Waals surface area contributed by atoms with Crippen LogP contribution in [-0.4, -0.2) is 37.9 Å². The van der Waals surface area contributed by atoms with Crippen LogP contribution in [0, 0.1) is 13.8 Å². The number of carboxylic acid groups (broad SMARTS) is 1. The zero-order valence-electron chi connectivity index (χ0n) is 13.5. The molecule has 7 nitrogen and oxygen atoms in total. The number of amides is 1. The smallest absolute Gasteiger partial charge is 0.413 e. The summed E-state index contributed by atoms with van der Waals surface area (Å²) in [5.41, 5.74) is -0.627. The number of aromatic nitrogens is 3. The first-order valence-electron chi connectivity index (χ1n) is 7.10. The van der Waals surface area contributed by atoms with Crippen molar-refractivity contribution in [3.05, 3.63) is 46.5 Å². The molecule has 0 aliphatic carbocycles. The minimum atomic E-state index is -4.77. The van der Waals surface area contributed by atoms with Crippen LogP contribution in [0.5, 0.6) is 0 Å². The van der Waals surface area contributed by atoms with E-state index in [-0.39, 0.29) is 17.0 Å². The van der Waals surface area contributed by atoms with E-state index in [4.69, 9.17) is 5.11 Å². The Hall–Kier alpha value is -2.91. The molecule has 1 amide bonds. The molecule has 2 N–H and O–H groups in total. The molecule has 2 aromatic rings. The Labute approximate surface area is 140 Å². The number of carboxylic acids is 1. The Bertz CT molecular complexity index is 830. The van der Waals surface area contributed by atoms with E-state index in [9.17, 15) is 22.8 Å². The molecule has 0 aliphatic heterocycles. The van der Waals surface area contributed by atoms with Crippen LogP contribution in [0.25, 0.3) is 0 Å². The molecule has 0 spiro atoms. The highest BCUT2D eigenvalue weighted by Gasteiger charge is 2.44. The van der Waals surface area contributed by atoms with Gasteiger partial charge in [-0.25, -0.2) is 9.78 Å². The molecular formula is C15H15F3N4O3. The quantitative estimate of drug-likeness (QED) is 0.875. The first-order chi connectivity index (χ1) is 11.5. The Kier molecular flexibility index (Phi) is 4.82. The lowest BCUT2D eigenvalue weighted by atomic mass is 10.0. The number of nitrogens with one attached hydrogen (secondary N) is 1. The monoisotopic (exact) mass is 356 g/mol. The van der Waals surface area contributed by atoms with Crippen LogP contribution in [0.2, 0.25) is 0 Å². The maximum absolute atomic E-state index is 13.5.